The summed E-state index contributed by atoms with van der Waals surface area (Å²) in [6.07, 6.45) is 3.82. The number of nitrogens with zero attached hydrogens (tertiary/aromatic N) is 2. The Labute approximate surface area is 187 Å². The fourth-order valence-corrected chi connectivity index (χ4v) is 4.85. The van der Waals surface area contributed by atoms with E-state index >= 15 is 0 Å². The lowest BCUT2D eigenvalue weighted by Gasteiger charge is -2.30. The highest BCUT2D eigenvalue weighted by molar-refractivity contribution is 7.18. The number of benzene rings is 2. The molecule has 1 atom stereocenters. The van der Waals surface area contributed by atoms with Crippen molar-refractivity contribution in [1.29, 1.82) is 0 Å². The average molecular weight is 437 g/mol. The van der Waals surface area contributed by atoms with E-state index in [1.807, 2.05) is 32.2 Å². The Balaban J connectivity index is 1.40. The summed E-state index contributed by atoms with van der Waals surface area (Å²) in [7, 11) is 0. The van der Waals surface area contributed by atoms with Gasteiger partial charge >= 0.3 is 5.97 Å². The van der Waals surface area contributed by atoms with Crippen LogP contribution in [0.4, 0.5) is 0 Å². The number of carbonyl (C=O) groups is 1. The summed E-state index contributed by atoms with van der Waals surface area (Å²) in [5.41, 5.74) is 3.43. The molecule has 0 saturated carbocycles. The number of hydrogen-bond donors (Lipinski definition) is 1. The maximum Gasteiger partial charge on any atom is 0.307 e. The standard InChI is InChI=1S/C25H28N2O3S/c1-17(2)30-22-11-9-19(10-12-22)23-14-26-24(31-23)20-7-5-18(6-8-20)15-27-13-3-4-21(16-27)25(28)29/h5-12,14,17,21H,3-4,13,15-16H2,1-2H3,(H,28,29). The van der Waals surface area contributed by atoms with Crippen LogP contribution in [0.3, 0.4) is 0 Å². The van der Waals surface area contributed by atoms with Gasteiger partial charge in [-0.1, -0.05) is 24.3 Å². The molecule has 2 aromatic carbocycles. The van der Waals surface area contributed by atoms with Gasteiger partial charge in [0, 0.05) is 24.8 Å². The zero-order valence-corrected chi connectivity index (χ0v) is 18.8. The molecule has 0 radical (unpaired) electrons. The molecule has 0 aliphatic carbocycles. The monoisotopic (exact) mass is 436 g/mol. The van der Waals surface area contributed by atoms with Gasteiger partial charge in [0.1, 0.15) is 10.8 Å². The number of carboxylic acids is 1. The minimum absolute atomic E-state index is 0.164. The van der Waals surface area contributed by atoms with Crippen LogP contribution in [0, 0.1) is 5.92 Å². The molecule has 4 rings (SSSR count). The molecule has 1 aliphatic heterocycles. The smallest absolute Gasteiger partial charge is 0.307 e. The maximum absolute atomic E-state index is 11.3. The molecule has 1 aromatic heterocycles. The van der Waals surface area contributed by atoms with Gasteiger partial charge in [-0.05, 0) is 68.6 Å². The number of piperidine rings is 1. The van der Waals surface area contributed by atoms with Gasteiger partial charge in [0.2, 0.25) is 0 Å². The first-order valence-corrected chi connectivity index (χ1v) is 11.6. The molecular formula is C25H28N2O3S. The zero-order chi connectivity index (χ0) is 21.8. The van der Waals surface area contributed by atoms with Crippen LogP contribution in [0.5, 0.6) is 5.75 Å². The molecule has 5 nitrogen and oxygen atoms in total. The number of thiazole rings is 1. The molecule has 1 N–H and O–H groups in total. The molecule has 1 saturated heterocycles. The van der Waals surface area contributed by atoms with Crippen molar-refractivity contribution in [3.05, 3.63) is 60.3 Å². The van der Waals surface area contributed by atoms with E-state index in [1.165, 1.54) is 5.56 Å². The lowest BCUT2D eigenvalue weighted by atomic mass is 9.98. The number of likely N-dealkylation sites (tertiary alicyclic amines) is 1. The van der Waals surface area contributed by atoms with E-state index in [-0.39, 0.29) is 12.0 Å². The van der Waals surface area contributed by atoms with E-state index < -0.39 is 5.97 Å². The first kappa shape index (κ1) is 21.5. The Morgan fingerprint density at radius 2 is 1.87 bits per heavy atom. The number of aromatic nitrogens is 1. The molecule has 2 heterocycles. The molecule has 1 aliphatic rings. The highest BCUT2D eigenvalue weighted by Gasteiger charge is 2.25. The van der Waals surface area contributed by atoms with Gasteiger partial charge in [-0.15, -0.1) is 11.3 Å². The molecule has 162 valence electrons. The molecule has 1 fully saturated rings. The van der Waals surface area contributed by atoms with Gasteiger partial charge < -0.3 is 9.84 Å². The predicted molar refractivity (Wildman–Crippen MR) is 124 cm³/mol. The second-order valence-corrected chi connectivity index (χ2v) is 9.36. The molecule has 0 spiro atoms. The van der Waals surface area contributed by atoms with Crippen molar-refractivity contribution < 1.29 is 14.6 Å². The predicted octanol–water partition coefficient (Wildman–Crippen LogP) is 5.56. The molecule has 6 heteroatoms. The molecule has 1 unspecified atom stereocenters. The van der Waals surface area contributed by atoms with Gasteiger partial charge in [-0.3, -0.25) is 9.69 Å². The van der Waals surface area contributed by atoms with Crippen LogP contribution in [-0.4, -0.2) is 40.2 Å². The van der Waals surface area contributed by atoms with E-state index in [2.05, 4.69) is 46.3 Å². The maximum atomic E-state index is 11.3. The van der Waals surface area contributed by atoms with Crippen LogP contribution < -0.4 is 4.74 Å². The van der Waals surface area contributed by atoms with E-state index in [0.29, 0.717) is 6.54 Å². The molecular weight excluding hydrogens is 408 g/mol. The number of rotatable bonds is 7. The molecule has 3 aromatic rings. The minimum Gasteiger partial charge on any atom is -0.491 e. The van der Waals surface area contributed by atoms with Crippen molar-refractivity contribution >= 4 is 17.3 Å². The van der Waals surface area contributed by atoms with Crippen LogP contribution in [0.2, 0.25) is 0 Å². The largest absolute Gasteiger partial charge is 0.491 e. The minimum atomic E-state index is -0.679. The number of ether oxygens (including phenoxy) is 1. The Hall–Kier alpha value is -2.70. The first-order valence-electron chi connectivity index (χ1n) is 10.8. The lowest BCUT2D eigenvalue weighted by Crippen LogP contribution is -2.38. The van der Waals surface area contributed by atoms with Gasteiger partial charge in [-0.2, -0.15) is 0 Å². The second kappa shape index (κ2) is 9.62. The molecule has 31 heavy (non-hydrogen) atoms. The third-order valence-electron chi connectivity index (χ3n) is 5.48. The average Bonchev–Trinajstić information content (AvgIpc) is 3.25. The third-order valence-corrected chi connectivity index (χ3v) is 6.57. The molecule has 0 bridgehead atoms. The van der Waals surface area contributed by atoms with Gasteiger partial charge in [-0.25, -0.2) is 4.98 Å². The fraction of sp³-hybridized carbons (Fsp3) is 0.360. The highest BCUT2D eigenvalue weighted by Crippen LogP contribution is 2.33. The van der Waals surface area contributed by atoms with Crippen molar-refractivity contribution in [3.8, 4) is 26.8 Å². The van der Waals surface area contributed by atoms with E-state index in [0.717, 1.165) is 52.7 Å². The summed E-state index contributed by atoms with van der Waals surface area (Å²) in [4.78, 5) is 19.3. The zero-order valence-electron chi connectivity index (χ0n) is 18.0. The van der Waals surface area contributed by atoms with Crippen molar-refractivity contribution in [3.63, 3.8) is 0 Å². The lowest BCUT2D eigenvalue weighted by molar-refractivity contribution is -0.143. The SMILES string of the molecule is CC(C)Oc1ccc(-c2cnc(-c3ccc(CN4CCCC(C(=O)O)C4)cc3)s2)cc1. The van der Waals surface area contributed by atoms with Crippen LogP contribution in [0.15, 0.2) is 54.7 Å². The van der Waals surface area contributed by atoms with Gasteiger partial charge in [0.25, 0.3) is 0 Å². The Kier molecular flexibility index (Phi) is 6.68. The van der Waals surface area contributed by atoms with Crippen LogP contribution in [-0.2, 0) is 11.3 Å². The van der Waals surface area contributed by atoms with Crippen molar-refractivity contribution in [2.24, 2.45) is 5.92 Å². The van der Waals surface area contributed by atoms with E-state index in [1.54, 1.807) is 11.3 Å². The van der Waals surface area contributed by atoms with Crippen LogP contribution >= 0.6 is 11.3 Å². The van der Waals surface area contributed by atoms with Gasteiger partial charge in [0.05, 0.1) is 16.9 Å². The third kappa shape index (κ3) is 5.51. The quantitative estimate of drug-likeness (QED) is 0.525. The summed E-state index contributed by atoms with van der Waals surface area (Å²) < 4.78 is 5.72. The van der Waals surface area contributed by atoms with Gasteiger partial charge in [0.15, 0.2) is 0 Å². The second-order valence-electron chi connectivity index (χ2n) is 8.33. The number of hydrogen-bond acceptors (Lipinski definition) is 5. The summed E-state index contributed by atoms with van der Waals surface area (Å²) in [6, 6.07) is 16.6. The summed E-state index contributed by atoms with van der Waals surface area (Å²) in [6.45, 7) is 6.43. The highest BCUT2D eigenvalue weighted by atomic mass is 32.1. The number of carboxylic acid groups (broad SMARTS) is 1. The van der Waals surface area contributed by atoms with Crippen molar-refractivity contribution in [1.82, 2.24) is 9.88 Å². The van der Waals surface area contributed by atoms with E-state index in [4.69, 9.17) is 4.74 Å². The van der Waals surface area contributed by atoms with Crippen LogP contribution in [0.1, 0.15) is 32.3 Å². The molecule has 0 amide bonds. The topological polar surface area (TPSA) is 62.7 Å². The summed E-state index contributed by atoms with van der Waals surface area (Å²) >= 11 is 1.68. The van der Waals surface area contributed by atoms with Crippen LogP contribution in [0.25, 0.3) is 21.0 Å². The van der Waals surface area contributed by atoms with Crippen molar-refractivity contribution in [2.45, 2.75) is 39.3 Å². The first-order chi connectivity index (χ1) is 15.0. The summed E-state index contributed by atoms with van der Waals surface area (Å²) in [5, 5.41) is 10.3. The Morgan fingerprint density at radius 3 is 2.55 bits per heavy atom. The Morgan fingerprint density at radius 1 is 1.16 bits per heavy atom. The Bertz CT molecular complexity index is 1010. The normalized spacial score (nSPS) is 17.1. The number of aliphatic carboxylic acids is 1. The fourth-order valence-electron chi connectivity index (χ4n) is 3.92. The van der Waals surface area contributed by atoms with Crippen molar-refractivity contribution in [2.75, 3.05) is 13.1 Å². The summed E-state index contributed by atoms with van der Waals surface area (Å²) in [5.74, 6) is -0.0445. The van der Waals surface area contributed by atoms with E-state index in [9.17, 15) is 9.90 Å².